The van der Waals surface area contributed by atoms with Crippen LogP contribution in [0.1, 0.15) is 26.7 Å². The van der Waals surface area contributed by atoms with Crippen molar-refractivity contribution in [1.29, 1.82) is 0 Å². The molecule has 0 saturated heterocycles. The first-order valence-corrected chi connectivity index (χ1v) is 3.53. The second-order valence-electron chi connectivity index (χ2n) is 2.51. The SMILES string of the molecule is CC/C=C1/C#CC(C)C1. The zero-order chi connectivity index (χ0) is 6.69. The summed E-state index contributed by atoms with van der Waals surface area (Å²) in [6.45, 7) is 4.32. The van der Waals surface area contributed by atoms with Crippen LogP contribution >= 0.6 is 0 Å². The molecule has 0 fully saturated rings. The summed E-state index contributed by atoms with van der Waals surface area (Å²) in [5.74, 6) is 6.85. The molecule has 0 saturated carbocycles. The summed E-state index contributed by atoms with van der Waals surface area (Å²) < 4.78 is 0. The van der Waals surface area contributed by atoms with Crippen molar-refractivity contribution in [3.05, 3.63) is 11.6 Å². The molecule has 0 heteroatoms. The Morgan fingerprint density at radius 3 is 3.00 bits per heavy atom. The monoisotopic (exact) mass is 120 g/mol. The van der Waals surface area contributed by atoms with Gasteiger partial charge >= 0.3 is 0 Å². The minimum absolute atomic E-state index is 0.600. The largest absolute Gasteiger partial charge is 0.0948 e. The summed E-state index contributed by atoms with van der Waals surface area (Å²) in [4.78, 5) is 0. The fourth-order valence-corrected chi connectivity index (χ4v) is 1.03. The number of allylic oxidation sites excluding steroid dienone is 2. The van der Waals surface area contributed by atoms with Crippen molar-refractivity contribution < 1.29 is 0 Å². The van der Waals surface area contributed by atoms with Gasteiger partial charge in [-0.05, 0) is 18.4 Å². The predicted molar refractivity (Wildman–Crippen MR) is 39.9 cm³/mol. The Hall–Kier alpha value is -0.700. The third kappa shape index (κ3) is 1.61. The standard InChI is InChI=1S/C9H12/c1-3-4-9-6-5-8(2)7-9/h4,8H,3,7H2,1-2H3/b9-4-. The predicted octanol–water partition coefficient (Wildman–Crippen LogP) is 2.37. The first-order chi connectivity index (χ1) is 4.33. The van der Waals surface area contributed by atoms with Gasteiger partial charge in [0.05, 0.1) is 0 Å². The molecule has 0 nitrogen and oxygen atoms in total. The number of hydrogen-bond acceptors (Lipinski definition) is 0. The number of rotatable bonds is 1. The maximum atomic E-state index is 3.14. The maximum absolute atomic E-state index is 3.14. The molecule has 0 aromatic rings. The molecule has 1 atom stereocenters. The van der Waals surface area contributed by atoms with Gasteiger partial charge in [0.2, 0.25) is 0 Å². The zero-order valence-corrected chi connectivity index (χ0v) is 6.07. The minimum Gasteiger partial charge on any atom is -0.0948 e. The van der Waals surface area contributed by atoms with Crippen LogP contribution in [0, 0.1) is 17.8 Å². The van der Waals surface area contributed by atoms with E-state index < -0.39 is 0 Å². The van der Waals surface area contributed by atoms with Crippen molar-refractivity contribution in [2.75, 3.05) is 0 Å². The molecule has 0 N–H and O–H groups in total. The molecule has 0 bridgehead atoms. The van der Waals surface area contributed by atoms with E-state index in [1.54, 1.807) is 0 Å². The Balaban J connectivity index is 2.54. The molecular weight excluding hydrogens is 108 g/mol. The molecule has 1 aliphatic carbocycles. The highest BCUT2D eigenvalue weighted by molar-refractivity contribution is 5.35. The van der Waals surface area contributed by atoms with Gasteiger partial charge in [-0.15, -0.1) is 0 Å². The highest BCUT2D eigenvalue weighted by atomic mass is 14.1. The highest BCUT2D eigenvalue weighted by Crippen LogP contribution is 2.15. The molecule has 0 aromatic heterocycles. The van der Waals surface area contributed by atoms with E-state index in [9.17, 15) is 0 Å². The van der Waals surface area contributed by atoms with Gasteiger partial charge in [-0.2, -0.15) is 0 Å². The zero-order valence-electron chi connectivity index (χ0n) is 6.07. The van der Waals surface area contributed by atoms with E-state index >= 15 is 0 Å². The lowest BCUT2D eigenvalue weighted by atomic mass is 10.1. The molecule has 1 rings (SSSR count). The lowest BCUT2D eigenvalue weighted by molar-refractivity contribution is 0.774. The Kier molecular flexibility index (Phi) is 1.95. The molecule has 0 spiro atoms. The fraction of sp³-hybridized carbons (Fsp3) is 0.556. The molecule has 0 aliphatic heterocycles. The first kappa shape index (κ1) is 6.42. The third-order valence-electron chi connectivity index (χ3n) is 1.46. The van der Waals surface area contributed by atoms with Gasteiger partial charge in [-0.1, -0.05) is 31.8 Å². The normalized spacial score (nSPS) is 28.2. The van der Waals surface area contributed by atoms with Crippen LogP contribution in [0.15, 0.2) is 11.6 Å². The van der Waals surface area contributed by atoms with Crippen LogP contribution in [0.2, 0.25) is 0 Å². The van der Waals surface area contributed by atoms with Crippen LogP contribution in [-0.2, 0) is 0 Å². The van der Waals surface area contributed by atoms with E-state index in [0.717, 1.165) is 12.8 Å². The average molecular weight is 120 g/mol. The maximum Gasteiger partial charge on any atom is 0.0224 e. The van der Waals surface area contributed by atoms with Crippen molar-refractivity contribution in [3.8, 4) is 11.8 Å². The van der Waals surface area contributed by atoms with Crippen LogP contribution in [0.4, 0.5) is 0 Å². The Labute approximate surface area is 57.0 Å². The van der Waals surface area contributed by atoms with E-state index in [1.807, 2.05) is 0 Å². The van der Waals surface area contributed by atoms with Crippen LogP contribution in [0.25, 0.3) is 0 Å². The van der Waals surface area contributed by atoms with Gasteiger partial charge in [-0.25, -0.2) is 0 Å². The molecule has 1 unspecified atom stereocenters. The van der Waals surface area contributed by atoms with E-state index in [4.69, 9.17) is 0 Å². The van der Waals surface area contributed by atoms with E-state index in [0.29, 0.717) is 5.92 Å². The fourth-order valence-electron chi connectivity index (χ4n) is 1.03. The van der Waals surface area contributed by atoms with E-state index in [2.05, 4.69) is 31.8 Å². The van der Waals surface area contributed by atoms with Crippen LogP contribution < -0.4 is 0 Å². The summed E-state index contributed by atoms with van der Waals surface area (Å²) in [7, 11) is 0. The molecule has 48 valence electrons. The Morgan fingerprint density at radius 2 is 2.56 bits per heavy atom. The summed E-state index contributed by atoms with van der Waals surface area (Å²) >= 11 is 0. The molecule has 0 aromatic carbocycles. The van der Waals surface area contributed by atoms with Crippen LogP contribution in [0.3, 0.4) is 0 Å². The lowest BCUT2D eigenvalue weighted by Crippen LogP contribution is -1.83. The average Bonchev–Trinajstić information content (AvgIpc) is 2.17. The molecule has 1 aliphatic rings. The van der Waals surface area contributed by atoms with Gasteiger partial charge in [0, 0.05) is 5.92 Å². The summed E-state index contributed by atoms with van der Waals surface area (Å²) in [6.07, 6.45) is 4.49. The van der Waals surface area contributed by atoms with Gasteiger partial charge in [0.15, 0.2) is 0 Å². The smallest absolute Gasteiger partial charge is 0.0224 e. The highest BCUT2D eigenvalue weighted by Gasteiger charge is 2.05. The number of hydrogen-bond donors (Lipinski definition) is 0. The minimum atomic E-state index is 0.600. The molecule has 9 heavy (non-hydrogen) atoms. The first-order valence-electron chi connectivity index (χ1n) is 3.53. The second-order valence-corrected chi connectivity index (χ2v) is 2.51. The van der Waals surface area contributed by atoms with Crippen molar-refractivity contribution in [3.63, 3.8) is 0 Å². The van der Waals surface area contributed by atoms with Crippen molar-refractivity contribution >= 4 is 0 Å². The summed E-state index contributed by atoms with van der Waals surface area (Å²) in [6, 6.07) is 0. The van der Waals surface area contributed by atoms with Crippen LogP contribution in [-0.4, -0.2) is 0 Å². The van der Waals surface area contributed by atoms with Crippen LogP contribution in [0.5, 0.6) is 0 Å². The quantitative estimate of drug-likeness (QED) is 0.466. The van der Waals surface area contributed by atoms with Gasteiger partial charge in [0.25, 0.3) is 0 Å². The third-order valence-corrected chi connectivity index (χ3v) is 1.46. The van der Waals surface area contributed by atoms with Gasteiger partial charge in [-0.3, -0.25) is 0 Å². The second kappa shape index (κ2) is 2.73. The molecule has 0 radical (unpaired) electrons. The van der Waals surface area contributed by atoms with E-state index in [-0.39, 0.29) is 0 Å². The van der Waals surface area contributed by atoms with Crippen molar-refractivity contribution in [1.82, 2.24) is 0 Å². The molecule has 0 heterocycles. The topological polar surface area (TPSA) is 0 Å². The molecule has 0 amide bonds. The Bertz CT molecular complexity index is 176. The van der Waals surface area contributed by atoms with Gasteiger partial charge < -0.3 is 0 Å². The van der Waals surface area contributed by atoms with Gasteiger partial charge in [0.1, 0.15) is 0 Å². The summed E-state index contributed by atoms with van der Waals surface area (Å²) in [5.41, 5.74) is 1.34. The lowest BCUT2D eigenvalue weighted by Gasteiger charge is -1.93. The summed E-state index contributed by atoms with van der Waals surface area (Å²) in [5, 5.41) is 0. The van der Waals surface area contributed by atoms with E-state index in [1.165, 1.54) is 5.57 Å². The van der Waals surface area contributed by atoms with Crippen molar-refractivity contribution in [2.24, 2.45) is 5.92 Å². The molecular formula is C9H12. The Morgan fingerprint density at radius 1 is 1.78 bits per heavy atom. The van der Waals surface area contributed by atoms with Crippen molar-refractivity contribution in [2.45, 2.75) is 26.7 Å².